The van der Waals surface area contributed by atoms with Gasteiger partial charge in [-0.05, 0) is 12.1 Å². The van der Waals surface area contributed by atoms with Crippen molar-refractivity contribution >= 4 is 28.7 Å². The Bertz CT molecular complexity index is 944. The highest BCUT2D eigenvalue weighted by Gasteiger charge is 2.15. The van der Waals surface area contributed by atoms with Crippen molar-refractivity contribution in [1.82, 2.24) is 14.9 Å². The molecule has 1 aromatic carbocycles. The van der Waals surface area contributed by atoms with E-state index in [9.17, 15) is 34.2 Å². The third-order valence-corrected chi connectivity index (χ3v) is 3.44. The molecular weight excluding hydrogens is 334 g/mol. The Morgan fingerprint density at radius 3 is 2.48 bits per heavy atom. The molecule has 1 amide bonds. The lowest BCUT2D eigenvalue weighted by Gasteiger charge is -2.20. The number of nitrogens with zero attached hydrogens (tertiary/aromatic N) is 1. The van der Waals surface area contributed by atoms with Gasteiger partial charge in [0.05, 0.1) is 22.9 Å². The zero-order valence-corrected chi connectivity index (χ0v) is 12.8. The number of hydrogen-bond acceptors (Lipinski definition) is 7. The summed E-state index contributed by atoms with van der Waals surface area (Å²) in [5.41, 5.74) is -0.967. The predicted molar refractivity (Wildman–Crippen MR) is 80.0 cm³/mol. The zero-order valence-electron chi connectivity index (χ0n) is 12.8. The Morgan fingerprint density at radius 2 is 1.84 bits per heavy atom. The second kappa shape index (κ2) is 7.43. The highest BCUT2D eigenvalue weighted by Crippen LogP contribution is 2.03. The third kappa shape index (κ3) is 4.31. The van der Waals surface area contributed by atoms with Crippen LogP contribution in [0.2, 0.25) is 0 Å². The minimum Gasteiger partial charge on any atom is -0.550 e. The number of carboxylic acids is 2. The summed E-state index contributed by atoms with van der Waals surface area (Å²) in [6.07, 6.45) is -1.36. The Kier molecular flexibility index (Phi) is 5.32. The molecule has 1 atom stereocenters. The summed E-state index contributed by atoms with van der Waals surface area (Å²) in [5, 5.41) is 23.4. The molecule has 0 aliphatic heterocycles. The van der Waals surface area contributed by atoms with Crippen molar-refractivity contribution in [2.24, 2.45) is 0 Å². The highest BCUT2D eigenvalue weighted by atomic mass is 16.4. The molecule has 0 saturated carbocycles. The van der Waals surface area contributed by atoms with E-state index in [2.05, 4.69) is 4.98 Å². The van der Waals surface area contributed by atoms with Crippen LogP contribution in [0.3, 0.4) is 0 Å². The molecule has 0 saturated heterocycles. The molecule has 0 aliphatic rings. The van der Waals surface area contributed by atoms with E-state index in [0.717, 1.165) is 4.57 Å². The molecule has 10 nitrogen and oxygen atoms in total. The van der Waals surface area contributed by atoms with Gasteiger partial charge in [-0.1, -0.05) is 12.1 Å². The quantitative estimate of drug-likeness (QED) is 0.523. The van der Waals surface area contributed by atoms with Crippen LogP contribution in [0.15, 0.2) is 33.9 Å². The maximum absolute atomic E-state index is 12.3. The van der Waals surface area contributed by atoms with E-state index in [4.69, 9.17) is 0 Å². The van der Waals surface area contributed by atoms with Gasteiger partial charge in [0.2, 0.25) is 5.91 Å². The lowest BCUT2D eigenvalue weighted by atomic mass is 10.2. The van der Waals surface area contributed by atoms with E-state index in [1.54, 1.807) is 18.2 Å². The van der Waals surface area contributed by atoms with Gasteiger partial charge in [0.25, 0.3) is 5.56 Å². The molecule has 2 N–H and O–H groups in total. The Morgan fingerprint density at radius 1 is 1.16 bits per heavy atom. The number of carbonyl (C=O) groups excluding carboxylic acids is 3. The van der Waals surface area contributed by atoms with Crippen molar-refractivity contribution in [2.75, 3.05) is 0 Å². The van der Waals surface area contributed by atoms with E-state index in [1.807, 2.05) is 5.32 Å². The number of hydrogen-bond donors (Lipinski definition) is 2. The Balaban J connectivity index is 2.13. The summed E-state index contributed by atoms with van der Waals surface area (Å²) in [7, 11) is 0. The topological polar surface area (TPSA) is 164 Å². The van der Waals surface area contributed by atoms with E-state index in [1.165, 1.54) is 6.07 Å². The highest BCUT2D eigenvalue weighted by molar-refractivity contribution is 5.85. The third-order valence-electron chi connectivity index (χ3n) is 3.44. The van der Waals surface area contributed by atoms with E-state index < -0.39 is 48.0 Å². The van der Waals surface area contributed by atoms with Gasteiger partial charge in [-0.15, -0.1) is 0 Å². The Hall–Kier alpha value is -3.43. The zero-order chi connectivity index (χ0) is 18.6. The number of aromatic amines is 1. The van der Waals surface area contributed by atoms with Crippen LogP contribution in [0.25, 0.3) is 10.9 Å². The minimum absolute atomic E-state index is 0.257. The standard InChI is InChI=1S/C15H15N3O7/c19-11(16-10(14(23)24)7-12(20)21)5-6-18-13(22)8-3-1-2-4-9(8)17-15(18)25/h1-4,10H,5-7H2,(H,16,19)(H,17,25)(H,20,21)(H,23,24)/p-2/t10-/m0/s1. The molecule has 0 unspecified atom stereocenters. The van der Waals surface area contributed by atoms with Crippen LogP contribution in [0.1, 0.15) is 12.8 Å². The van der Waals surface area contributed by atoms with Gasteiger partial charge >= 0.3 is 5.69 Å². The van der Waals surface area contributed by atoms with Crippen molar-refractivity contribution in [1.29, 1.82) is 0 Å². The fourth-order valence-corrected chi connectivity index (χ4v) is 2.24. The number of carboxylic acid groups (broad SMARTS) is 2. The lowest BCUT2D eigenvalue weighted by Crippen LogP contribution is -2.50. The molecule has 0 fully saturated rings. The van der Waals surface area contributed by atoms with Crippen molar-refractivity contribution in [3.05, 3.63) is 45.1 Å². The van der Waals surface area contributed by atoms with Crippen LogP contribution in [0.5, 0.6) is 0 Å². The normalized spacial score (nSPS) is 11.8. The number of aliphatic carboxylic acids is 2. The molecular formula is C15H13N3O7-2. The van der Waals surface area contributed by atoms with Crippen LogP contribution in [-0.2, 0) is 20.9 Å². The summed E-state index contributed by atoms with van der Waals surface area (Å²) in [6.45, 7) is -0.310. The van der Waals surface area contributed by atoms with Gasteiger partial charge in [0.1, 0.15) is 0 Å². The van der Waals surface area contributed by atoms with Crippen LogP contribution in [0, 0.1) is 0 Å². The number of amides is 1. The van der Waals surface area contributed by atoms with Crippen molar-refractivity contribution in [2.45, 2.75) is 25.4 Å². The first kappa shape index (κ1) is 17.9. The number of para-hydroxylation sites is 1. The molecule has 0 aliphatic carbocycles. The first-order chi connectivity index (χ1) is 11.8. The number of fused-ring (bicyclic) bond motifs is 1. The summed E-state index contributed by atoms with van der Waals surface area (Å²) in [5.74, 6) is -4.30. The smallest absolute Gasteiger partial charge is 0.328 e. The number of rotatable bonds is 7. The molecule has 2 rings (SSSR count). The van der Waals surface area contributed by atoms with E-state index in [-0.39, 0.29) is 11.9 Å². The molecule has 1 aromatic heterocycles. The Labute approximate surface area is 139 Å². The molecule has 2 aromatic rings. The lowest BCUT2D eigenvalue weighted by molar-refractivity contribution is -0.317. The minimum atomic E-state index is -1.78. The molecule has 0 bridgehead atoms. The fraction of sp³-hybridized carbons (Fsp3) is 0.267. The molecule has 25 heavy (non-hydrogen) atoms. The SMILES string of the molecule is O=C([O-])C[C@H](NC(=O)CCn1c(=O)[nH]c2ccccc2c1=O)C(=O)[O-]. The van der Waals surface area contributed by atoms with Gasteiger partial charge in [0.15, 0.2) is 0 Å². The maximum Gasteiger partial charge on any atom is 0.328 e. The van der Waals surface area contributed by atoms with Crippen molar-refractivity contribution in [3.8, 4) is 0 Å². The number of benzene rings is 1. The van der Waals surface area contributed by atoms with Crippen LogP contribution in [-0.4, -0.2) is 33.4 Å². The van der Waals surface area contributed by atoms with Crippen LogP contribution >= 0.6 is 0 Å². The first-order valence-corrected chi connectivity index (χ1v) is 7.21. The van der Waals surface area contributed by atoms with E-state index >= 15 is 0 Å². The molecule has 0 radical (unpaired) electrons. The number of aromatic nitrogens is 2. The first-order valence-electron chi connectivity index (χ1n) is 7.21. The summed E-state index contributed by atoms with van der Waals surface area (Å²) in [6, 6.07) is 4.57. The number of carbonyl (C=O) groups is 3. The monoisotopic (exact) mass is 347 g/mol. The van der Waals surface area contributed by atoms with Crippen molar-refractivity contribution < 1.29 is 24.6 Å². The average molecular weight is 347 g/mol. The molecule has 10 heteroatoms. The second-order valence-electron chi connectivity index (χ2n) is 5.20. The van der Waals surface area contributed by atoms with Gasteiger partial charge in [0, 0.05) is 25.4 Å². The molecule has 132 valence electrons. The van der Waals surface area contributed by atoms with Crippen LogP contribution in [0.4, 0.5) is 0 Å². The summed E-state index contributed by atoms with van der Waals surface area (Å²) >= 11 is 0. The largest absolute Gasteiger partial charge is 0.550 e. The molecule has 1 heterocycles. The fourth-order valence-electron chi connectivity index (χ4n) is 2.24. The van der Waals surface area contributed by atoms with E-state index in [0.29, 0.717) is 5.52 Å². The van der Waals surface area contributed by atoms with Gasteiger partial charge < -0.3 is 30.1 Å². The van der Waals surface area contributed by atoms with Gasteiger partial charge in [-0.25, -0.2) is 4.79 Å². The van der Waals surface area contributed by atoms with Crippen LogP contribution < -0.4 is 26.8 Å². The predicted octanol–water partition coefficient (Wildman–Crippen LogP) is -3.55. The number of nitrogens with one attached hydrogen (secondary N) is 2. The average Bonchev–Trinajstić information content (AvgIpc) is 2.53. The molecule has 0 spiro atoms. The second-order valence-corrected chi connectivity index (χ2v) is 5.20. The van der Waals surface area contributed by atoms with Crippen molar-refractivity contribution in [3.63, 3.8) is 0 Å². The number of H-pyrrole nitrogens is 1. The summed E-state index contributed by atoms with van der Waals surface area (Å²) in [4.78, 5) is 59.7. The van der Waals surface area contributed by atoms with Gasteiger partial charge in [-0.2, -0.15) is 0 Å². The maximum atomic E-state index is 12.3. The summed E-state index contributed by atoms with van der Waals surface area (Å²) < 4.78 is 0.800. The van der Waals surface area contributed by atoms with Gasteiger partial charge in [-0.3, -0.25) is 14.2 Å².